The predicted molar refractivity (Wildman–Crippen MR) is 175 cm³/mol. The molecule has 2 N–H and O–H groups in total. The Morgan fingerprint density at radius 1 is 0.907 bits per heavy atom. The standard InChI is InChI=1S/C34H38N2O5S.Na.H/c1-40-31-19-23(6-7-25(31)22-36-14-4-5-15-36)18-28-27-10-9-26(37)21-32(27)42-33(28)24-8-11-30(29(20-24)34(38)39)41-17-16-35-12-2-3-13-35;;/h6-11,19-21,37H,2-5,12-18,22H2,1H3,(H,38,39);;. The molecule has 222 valence electrons. The minimum atomic E-state index is -1.01. The molecule has 4 aromatic rings. The van der Waals surface area contributed by atoms with Gasteiger partial charge in [-0.2, -0.15) is 0 Å². The molecule has 2 saturated heterocycles. The first kappa shape index (κ1) is 31.8. The monoisotopic (exact) mass is 610 g/mol. The summed E-state index contributed by atoms with van der Waals surface area (Å²) in [6.45, 7) is 6.55. The predicted octanol–water partition coefficient (Wildman–Crippen LogP) is 5.99. The molecule has 0 atom stereocenters. The molecule has 0 unspecified atom stereocenters. The van der Waals surface area contributed by atoms with Gasteiger partial charge in [0.2, 0.25) is 0 Å². The Kier molecular flexibility index (Phi) is 10.7. The van der Waals surface area contributed by atoms with E-state index in [1.54, 1.807) is 42.7 Å². The average Bonchev–Trinajstić information content (AvgIpc) is 3.76. The van der Waals surface area contributed by atoms with Gasteiger partial charge in [0.1, 0.15) is 29.4 Å². The molecule has 43 heavy (non-hydrogen) atoms. The topological polar surface area (TPSA) is 82.5 Å². The van der Waals surface area contributed by atoms with Gasteiger partial charge in [-0.15, -0.1) is 11.3 Å². The SMILES string of the molecule is COc1cc(Cc2c(-c3ccc(OCCN4CCCC4)c(C(=O)O)c3)sc3cc(O)ccc23)ccc1CN1CCCC1.[NaH]. The van der Waals surface area contributed by atoms with Crippen LogP contribution in [-0.4, -0.2) is 102 Å². The van der Waals surface area contributed by atoms with Gasteiger partial charge in [0.15, 0.2) is 0 Å². The van der Waals surface area contributed by atoms with Crippen LogP contribution in [0.15, 0.2) is 54.6 Å². The summed E-state index contributed by atoms with van der Waals surface area (Å²) in [4.78, 5) is 18.1. The number of thiophene rings is 1. The van der Waals surface area contributed by atoms with Crippen LogP contribution in [0.25, 0.3) is 20.5 Å². The first-order valence-electron chi connectivity index (χ1n) is 14.8. The van der Waals surface area contributed by atoms with Gasteiger partial charge < -0.3 is 19.7 Å². The van der Waals surface area contributed by atoms with Gasteiger partial charge in [-0.05, 0) is 123 Å². The number of carboxylic acids is 1. The number of ether oxygens (including phenoxy) is 2. The molecule has 7 nitrogen and oxygen atoms in total. The quantitative estimate of drug-likeness (QED) is 0.202. The number of fused-ring (bicyclic) bond motifs is 1. The Hall–Kier alpha value is -2.59. The van der Waals surface area contributed by atoms with Crippen LogP contribution in [0, 0.1) is 0 Å². The molecular weight excluding hydrogens is 571 g/mol. The first-order valence-corrected chi connectivity index (χ1v) is 15.7. The molecule has 3 aromatic carbocycles. The third-order valence-electron chi connectivity index (χ3n) is 8.44. The normalized spacial score (nSPS) is 15.6. The van der Waals surface area contributed by atoms with E-state index >= 15 is 0 Å². The fraction of sp³-hybridized carbons (Fsp3) is 0.382. The number of rotatable bonds is 11. The number of benzene rings is 3. The number of hydrogen-bond donors (Lipinski definition) is 2. The van der Waals surface area contributed by atoms with Crippen molar-refractivity contribution in [2.45, 2.75) is 38.6 Å². The van der Waals surface area contributed by atoms with Crippen molar-refractivity contribution in [1.82, 2.24) is 9.80 Å². The van der Waals surface area contributed by atoms with E-state index in [1.807, 2.05) is 12.1 Å². The Bertz CT molecular complexity index is 1580. The summed E-state index contributed by atoms with van der Waals surface area (Å²) >= 11 is 1.57. The third kappa shape index (κ3) is 7.39. The van der Waals surface area contributed by atoms with Crippen LogP contribution in [0.1, 0.15) is 52.7 Å². The molecule has 6 rings (SSSR count). The minimum absolute atomic E-state index is 0. The second-order valence-corrected chi connectivity index (χ2v) is 12.4. The Balaban J connectivity index is 0.00000368. The number of aromatic hydroxyl groups is 1. The van der Waals surface area contributed by atoms with Crippen molar-refractivity contribution in [3.05, 3.63) is 76.9 Å². The Morgan fingerprint density at radius 2 is 1.65 bits per heavy atom. The van der Waals surface area contributed by atoms with Crippen LogP contribution in [0.3, 0.4) is 0 Å². The van der Waals surface area contributed by atoms with Gasteiger partial charge in [-0.25, -0.2) is 4.79 Å². The molecule has 1 aromatic heterocycles. The van der Waals surface area contributed by atoms with Gasteiger partial charge in [0, 0.05) is 28.2 Å². The zero-order valence-corrected chi connectivity index (χ0v) is 24.9. The van der Waals surface area contributed by atoms with Crippen LogP contribution >= 0.6 is 11.3 Å². The number of likely N-dealkylation sites (tertiary alicyclic amines) is 2. The molecule has 2 aliphatic heterocycles. The average molecular weight is 611 g/mol. The third-order valence-corrected chi connectivity index (χ3v) is 9.68. The van der Waals surface area contributed by atoms with Gasteiger partial charge in [-0.1, -0.05) is 12.1 Å². The number of carboxylic acid groups (broad SMARTS) is 1. The fourth-order valence-corrected chi connectivity index (χ4v) is 7.47. The number of aromatic carboxylic acids is 1. The van der Waals surface area contributed by atoms with Gasteiger partial charge in [-0.3, -0.25) is 9.80 Å². The van der Waals surface area contributed by atoms with Gasteiger partial charge in [0.25, 0.3) is 0 Å². The van der Waals surface area contributed by atoms with Crippen LogP contribution in [0.4, 0.5) is 0 Å². The van der Waals surface area contributed by atoms with Crippen molar-refractivity contribution in [1.29, 1.82) is 0 Å². The zero-order valence-electron chi connectivity index (χ0n) is 24.1. The van der Waals surface area contributed by atoms with Crippen LogP contribution in [0.2, 0.25) is 0 Å². The number of methoxy groups -OCH3 is 1. The maximum absolute atomic E-state index is 12.3. The van der Waals surface area contributed by atoms with Gasteiger partial charge >= 0.3 is 35.5 Å². The first-order chi connectivity index (χ1) is 20.5. The molecule has 0 radical (unpaired) electrons. The molecular formula is C34H39N2NaO5S. The van der Waals surface area contributed by atoms with Crippen LogP contribution in [0.5, 0.6) is 17.2 Å². The molecule has 3 heterocycles. The van der Waals surface area contributed by atoms with E-state index in [1.165, 1.54) is 31.2 Å². The summed E-state index contributed by atoms with van der Waals surface area (Å²) in [6.07, 6.45) is 5.56. The Morgan fingerprint density at radius 3 is 2.37 bits per heavy atom. The van der Waals surface area contributed by atoms with Crippen molar-refractivity contribution in [3.63, 3.8) is 0 Å². The van der Waals surface area contributed by atoms with E-state index in [4.69, 9.17) is 9.47 Å². The summed E-state index contributed by atoms with van der Waals surface area (Å²) in [5.74, 6) is 0.486. The molecule has 0 amide bonds. The molecule has 0 spiro atoms. The molecule has 2 aliphatic rings. The summed E-state index contributed by atoms with van der Waals surface area (Å²) in [6, 6.07) is 17.4. The molecule has 0 aliphatic carbocycles. The van der Waals surface area contributed by atoms with Crippen LogP contribution in [-0.2, 0) is 13.0 Å². The summed E-state index contributed by atoms with van der Waals surface area (Å²) < 4.78 is 12.7. The number of phenolic OH excluding ortho intramolecular Hbond substituents is 1. The molecule has 2 fully saturated rings. The molecule has 0 bridgehead atoms. The number of hydrogen-bond acceptors (Lipinski definition) is 7. The van der Waals surface area contributed by atoms with Crippen molar-refractivity contribution in [2.75, 3.05) is 46.4 Å². The van der Waals surface area contributed by atoms with Crippen LogP contribution < -0.4 is 9.47 Å². The zero-order chi connectivity index (χ0) is 29.1. The van der Waals surface area contributed by atoms with Crippen molar-refractivity contribution in [2.24, 2.45) is 0 Å². The van der Waals surface area contributed by atoms with Gasteiger partial charge in [0.05, 0.1) is 7.11 Å². The number of phenols is 1. The maximum atomic E-state index is 12.3. The van der Waals surface area contributed by atoms with Crippen molar-refractivity contribution >= 4 is 56.9 Å². The second-order valence-electron chi connectivity index (χ2n) is 11.3. The summed E-state index contributed by atoms with van der Waals surface area (Å²) in [7, 11) is 1.73. The van der Waals surface area contributed by atoms with Crippen molar-refractivity contribution < 1.29 is 24.5 Å². The van der Waals surface area contributed by atoms with E-state index in [0.717, 1.165) is 76.7 Å². The van der Waals surface area contributed by atoms with Crippen molar-refractivity contribution in [3.8, 4) is 27.7 Å². The second kappa shape index (κ2) is 14.5. The number of carbonyl (C=O) groups is 1. The summed E-state index contributed by atoms with van der Waals surface area (Å²) in [5, 5.41) is 21.3. The molecule has 9 heteroatoms. The Labute approximate surface area is 279 Å². The van der Waals surface area contributed by atoms with E-state index in [-0.39, 0.29) is 40.9 Å². The molecule has 0 saturated carbocycles. The summed E-state index contributed by atoms with van der Waals surface area (Å²) in [5.41, 5.74) is 4.39. The fourth-order valence-electron chi connectivity index (χ4n) is 6.22. The van der Waals surface area contributed by atoms with E-state index < -0.39 is 5.97 Å². The van der Waals surface area contributed by atoms with E-state index in [9.17, 15) is 15.0 Å². The number of nitrogens with zero attached hydrogens (tertiary/aromatic N) is 2. The van der Waals surface area contributed by atoms with E-state index in [0.29, 0.717) is 18.8 Å². The van der Waals surface area contributed by atoms with E-state index in [2.05, 4.69) is 28.0 Å².